The fourth-order valence-electron chi connectivity index (χ4n) is 1.33. The standard InChI is InChI=1S/C11H14FNO2/c1-13(2)10(11(14)15)7-8-3-5-9(12)6-4-8/h3-6,10H,7H2,1-2H3,(H,14,15)/t10-/m1/s1. The molecule has 0 heterocycles. The van der Waals surface area contributed by atoms with Crippen LogP contribution in [0.25, 0.3) is 0 Å². The normalized spacial score (nSPS) is 12.8. The molecule has 15 heavy (non-hydrogen) atoms. The van der Waals surface area contributed by atoms with Crippen LogP contribution in [0, 0.1) is 5.82 Å². The largest absolute Gasteiger partial charge is 0.480 e. The number of rotatable bonds is 4. The predicted octanol–water partition coefficient (Wildman–Crippen LogP) is 1.38. The van der Waals surface area contributed by atoms with Gasteiger partial charge in [0, 0.05) is 0 Å². The highest BCUT2D eigenvalue weighted by Gasteiger charge is 2.19. The molecule has 0 fully saturated rings. The maximum absolute atomic E-state index is 12.6. The van der Waals surface area contributed by atoms with E-state index in [-0.39, 0.29) is 5.82 Å². The minimum atomic E-state index is -0.871. The fraction of sp³-hybridized carbons (Fsp3) is 0.364. The second-order valence-electron chi connectivity index (χ2n) is 3.65. The minimum Gasteiger partial charge on any atom is -0.480 e. The van der Waals surface area contributed by atoms with Gasteiger partial charge in [-0.25, -0.2) is 4.39 Å². The van der Waals surface area contributed by atoms with E-state index in [1.54, 1.807) is 31.1 Å². The van der Waals surface area contributed by atoms with E-state index in [2.05, 4.69) is 0 Å². The minimum absolute atomic E-state index is 0.310. The van der Waals surface area contributed by atoms with Crippen LogP contribution in [0.15, 0.2) is 24.3 Å². The van der Waals surface area contributed by atoms with Crippen molar-refractivity contribution in [3.63, 3.8) is 0 Å². The monoisotopic (exact) mass is 211 g/mol. The molecule has 1 aromatic rings. The molecule has 0 spiro atoms. The van der Waals surface area contributed by atoms with Crippen molar-refractivity contribution < 1.29 is 14.3 Å². The number of nitrogens with zero attached hydrogens (tertiary/aromatic N) is 1. The fourth-order valence-corrected chi connectivity index (χ4v) is 1.33. The SMILES string of the molecule is CN(C)[C@H](Cc1ccc(F)cc1)C(=O)O. The Bertz CT molecular complexity index is 335. The number of carbonyl (C=O) groups is 1. The van der Waals surface area contributed by atoms with Crippen molar-refractivity contribution in [3.05, 3.63) is 35.6 Å². The molecule has 1 atom stereocenters. The first kappa shape index (κ1) is 11.7. The first-order valence-electron chi connectivity index (χ1n) is 4.64. The molecule has 0 saturated heterocycles. The van der Waals surface area contributed by atoms with Gasteiger partial charge in [-0.2, -0.15) is 0 Å². The van der Waals surface area contributed by atoms with Crippen molar-refractivity contribution in [2.45, 2.75) is 12.5 Å². The van der Waals surface area contributed by atoms with Crippen LogP contribution in [0.2, 0.25) is 0 Å². The molecule has 0 amide bonds. The zero-order valence-electron chi connectivity index (χ0n) is 8.77. The molecule has 82 valence electrons. The Morgan fingerprint density at radius 1 is 1.40 bits per heavy atom. The summed E-state index contributed by atoms with van der Waals surface area (Å²) in [6.45, 7) is 0. The van der Waals surface area contributed by atoms with E-state index in [0.717, 1.165) is 5.56 Å². The van der Waals surface area contributed by atoms with Crippen molar-refractivity contribution in [1.29, 1.82) is 0 Å². The third kappa shape index (κ3) is 3.32. The van der Waals surface area contributed by atoms with E-state index in [0.29, 0.717) is 6.42 Å². The smallest absolute Gasteiger partial charge is 0.321 e. The number of hydrogen-bond donors (Lipinski definition) is 1. The quantitative estimate of drug-likeness (QED) is 0.818. The van der Waals surface area contributed by atoms with Gasteiger partial charge in [-0.3, -0.25) is 9.69 Å². The molecule has 0 saturated carbocycles. The second kappa shape index (κ2) is 4.89. The van der Waals surface area contributed by atoms with Crippen LogP contribution in [0.5, 0.6) is 0 Å². The van der Waals surface area contributed by atoms with Crippen molar-refractivity contribution in [2.75, 3.05) is 14.1 Å². The molecule has 0 radical (unpaired) electrons. The van der Waals surface area contributed by atoms with Gasteiger partial charge in [-0.15, -0.1) is 0 Å². The Morgan fingerprint density at radius 3 is 2.33 bits per heavy atom. The number of carboxylic acid groups (broad SMARTS) is 1. The lowest BCUT2D eigenvalue weighted by Gasteiger charge is -2.19. The van der Waals surface area contributed by atoms with Gasteiger partial charge < -0.3 is 5.11 Å². The third-order valence-electron chi connectivity index (χ3n) is 2.25. The van der Waals surface area contributed by atoms with Crippen LogP contribution in [0.1, 0.15) is 5.56 Å². The van der Waals surface area contributed by atoms with E-state index < -0.39 is 12.0 Å². The molecule has 0 bridgehead atoms. The number of carboxylic acids is 1. The van der Waals surface area contributed by atoms with Gasteiger partial charge in [0.15, 0.2) is 0 Å². The molecule has 1 rings (SSSR count). The molecule has 1 N–H and O–H groups in total. The molecule has 0 unspecified atom stereocenters. The van der Waals surface area contributed by atoms with Crippen LogP contribution in [0.4, 0.5) is 4.39 Å². The maximum atomic E-state index is 12.6. The van der Waals surface area contributed by atoms with Gasteiger partial charge in [-0.1, -0.05) is 12.1 Å². The molecule has 0 aliphatic carbocycles. The Labute approximate surface area is 88.1 Å². The van der Waals surface area contributed by atoms with E-state index >= 15 is 0 Å². The van der Waals surface area contributed by atoms with E-state index in [1.165, 1.54) is 12.1 Å². The van der Waals surface area contributed by atoms with Gasteiger partial charge in [0.2, 0.25) is 0 Å². The molecule has 0 aliphatic rings. The van der Waals surface area contributed by atoms with Crippen LogP contribution in [-0.4, -0.2) is 36.1 Å². The van der Waals surface area contributed by atoms with Crippen molar-refractivity contribution in [2.24, 2.45) is 0 Å². The highest BCUT2D eigenvalue weighted by atomic mass is 19.1. The average Bonchev–Trinajstić information content (AvgIpc) is 2.15. The van der Waals surface area contributed by atoms with Crippen LogP contribution < -0.4 is 0 Å². The van der Waals surface area contributed by atoms with Crippen molar-refractivity contribution in [3.8, 4) is 0 Å². The van der Waals surface area contributed by atoms with Crippen LogP contribution in [0.3, 0.4) is 0 Å². The summed E-state index contributed by atoms with van der Waals surface area (Å²) in [7, 11) is 3.42. The highest BCUT2D eigenvalue weighted by Crippen LogP contribution is 2.08. The Morgan fingerprint density at radius 2 is 1.93 bits per heavy atom. The molecule has 1 aromatic carbocycles. The summed E-state index contributed by atoms with van der Waals surface area (Å²) in [6.07, 6.45) is 0.378. The summed E-state index contributed by atoms with van der Waals surface area (Å²) in [5.41, 5.74) is 0.817. The molecule has 4 heteroatoms. The molecule has 0 aromatic heterocycles. The van der Waals surface area contributed by atoms with Crippen LogP contribution >= 0.6 is 0 Å². The number of likely N-dealkylation sites (N-methyl/N-ethyl adjacent to an activating group) is 1. The lowest BCUT2D eigenvalue weighted by atomic mass is 10.1. The summed E-state index contributed by atoms with van der Waals surface area (Å²) >= 11 is 0. The highest BCUT2D eigenvalue weighted by molar-refractivity contribution is 5.73. The molecular formula is C11H14FNO2. The Balaban J connectivity index is 2.74. The number of benzene rings is 1. The summed E-state index contributed by atoms with van der Waals surface area (Å²) in [6, 6.07) is 5.31. The van der Waals surface area contributed by atoms with Crippen molar-refractivity contribution in [1.82, 2.24) is 4.90 Å². The summed E-state index contributed by atoms with van der Waals surface area (Å²) in [4.78, 5) is 12.5. The summed E-state index contributed by atoms with van der Waals surface area (Å²) in [5.74, 6) is -1.18. The van der Waals surface area contributed by atoms with Gasteiger partial charge in [0.25, 0.3) is 0 Å². The van der Waals surface area contributed by atoms with Gasteiger partial charge in [0.05, 0.1) is 0 Å². The number of halogens is 1. The lowest BCUT2D eigenvalue weighted by molar-refractivity contribution is -0.142. The van der Waals surface area contributed by atoms with E-state index in [4.69, 9.17) is 5.11 Å². The zero-order valence-corrected chi connectivity index (χ0v) is 8.77. The number of aliphatic carboxylic acids is 1. The Kier molecular flexibility index (Phi) is 3.80. The second-order valence-corrected chi connectivity index (χ2v) is 3.65. The number of hydrogen-bond acceptors (Lipinski definition) is 2. The van der Waals surface area contributed by atoms with Crippen LogP contribution in [-0.2, 0) is 11.2 Å². The topological polar surface area (TPSA) is 40.5 Å². The first-order chi connectivity index (χ1) is 7.00. The zero-order chi connectivity index (χ0) is 11.4. The predicted molar refractivity (Wildman–Crippen MR) is 55.2 cm³/mol. The Hall–Kier alpha value is -1.42. The maximum Gasteiger partial charge on any atom is 0.321 e. The molecular weight excluding hydrogens is 197 g/mol. The lowest BCUT2D eigenvalue weighted by Crippen LogP contribution is -2.37. The third-order valence-corrected chi connectivity index (χ3v) is 2.25. The molecule has 3 nitrogen and oxygen atoms in total. The van der Waals surface area contributed by atoms with Gasteiger partial charge in [-0.05, 0) is 38.2 Å². The van der Waals surface area contributed by atoms with E-state index in [9.17, 15) is 9.18 Å². The van der Waals surface area contributed by atoms with Gasteiger partial charge in [0.1, 0.15) is 11.9 Å². The first-order valence-corrected chi connectivity index (χ1v) is 4.64. The van der Waals surface area contributed by atoms with Crippen molar-refractivity contribution >= 4 is 5.97 Å². The van der Waals surface area contributed by atoms with E-state index in [1.807, 2.05) is 0 Å². The summed E-state index contributed by atoms with van der Waals surface area (Å²) in [5, 5.41) is 8.94. The summed E-state index contributed by atoms with van der Waals surface area (Å²) < 4.78 is 12.6. The molecule has 0 aliphatic heterocycles. The average molecular weight is 211 g/mol. The van der Waals surface area contributed by atoms with Gasteiger partial charge >= 0.3 is 5.97 Å².